The van der Waals surface area contributed by atoms with Gasteiger partial charge < -0.3 is 5.11 Å². The zero-order valence-corrected chi connectivity index (χ0v) is 8.23. The largest absolute Gasteiger partial charge is 0.508 e. The summed E-state index contributed by atoms with van der Waals surface area (Å²) >= 11 is 5.56. The lowest BCUT2D eigenvalue weighted by molar-refractivity contribution is 0.112. The van der Waals surface area contributed by atoms with Gasteiger partial charge in [0, 0.05) is 15.0 Å². The Kier molecular flexibility index (Phi) is 2.01. The maximum absolute atomic E-state index is 10.6. The summed E-state index contributed by atoms with van der Waals surface area (Å²) in [7, 11) is 0. The van der Waals surface area contributed by atoms with Gasteiger partial charge in [0.15, 0.2) is 6.29 Å². The zero-order chi connectivity index (χ0) is 9.42. The van der Waals surface area contributed by atoms with Crippen LogP contribution in [0.3, 0.4) is 0 Å². The van der Waals surface area contributed by atoms with Gasteiger partial charge in [-0.3, -0.25) is 4.79 Å². The molecular weight excluding hydrogens is 204 g/mol. The maximum atomic E-state index is 10.6. The Bertz CT molecular complexity index is 474. The van der Waals surface area contributed by atoms with Crippen LogP contribution in [0.4, 0.5) is 0 Å². The topological polar surface area (TPSA) is 37.3 Å². The Labute approximate surface area is 84.2 Å². The van der Waals surface area contributed by atoms with Crippen LogP contribution in [0.5, 0.6) is 5.75 Å². The third-order valence-corrected chi connectivity index (χ3v) is 3.49. The molecule has 4 heteroatoms. The van der Waals surface area contributed by atoms with Crippen LogP contribution in [0.25, 0.3) is 10.1 Å². The minimum absolute atomic E-state index is 0.208. The second-order valence-corrected chi connectivity index (χ2v) is 4.14. The number of aromatic hydroxyl groups is 1. The molecule has 0 radical (unpaired) electrons. The van der Waals surface area contributed by atoms with E-state index in [4.69, 9.17) is 0 Å². The van der Waals surface area contributed by atoms with Crippen molar-refractivity contribution in [2.75, 3.05) is 0 Å². The predicted molar refractivity (Wildman–Crippen MR) is 56.1 cm³/mol. The number of phenols is 1. The highest BCUT2D eigenvalue weighted by atomic mass is 32.1. The van der Waals surface area contributed by atoms with E-state index in [1.54, 1.807) is 18.2 Å². The lowest BCUT2D eigenvalue weighted by atomic mass is 10.2. The number of carbonyl (C=O) groups excluding carboxylic acids is 1. The van der Waals surface area contributed by atoms with Crippen molar-refractivity contribution >= 4 is 40.3 Å². The number of aldehydes is 1. The Morgan fingerprint density at radius 3 is 2.92 bits per heavy atom. The van der Waals surface area contributed by atoms with Crippen LogP contribution < -0.4 is 0 Å². The summed E-state index contributed by atoms with van der Waals surface area (Å²) in [5.74, 6) is 0.208. The number of thiophene rings is 1. The summed E-state index contributed by atoms with van der Waals surface area (Å²) in [6, 6.07) is 4.98. The number of hydrogen-bond acceptors (Lipinski definition) is 4. The Morgan fingerprint density at radius 2 is 2.23 bits per heavy atom. The summed E-state index contributed by atoms with van der Waals surface area (Å²) in [6.45, 7) is 0. The fourth-order valence-corrected chi connectivity index (χ4v) is 2.58. The Morgan fingerprint density at radius 1 is 1.46 bits per heavy atom. The van der Waals surface area contributed by atoms with Gasteiger partial charge in [-0.2, -0.15) is 0 Å². The molecule has 2 nitrogen and oxygen atoms in total. The van der Waals surface area contributed by atoms with E-state index in [2.05, 4.69) is 12.6 Å². The summed E-state index contributed by atoms with van der Waals surface area (Å²) in [4.78, 5) is 11.9. The van der Waals surface area contributed by atoms with Gasteiger partial charge in [-0.25, -0.2) is 0 Å². The SMILES string of the molecule is O=Cc1sc2cc(O)ccc2c1S. The van der Waals surface area contributed by atoms with Crippen LogP contribution in [0, 0.1) is 0 Å². The summed E-state index contributed by atoms with van der Waals surface area (Å²) in [5.41, 5.74) is 0. The smallest absolute Gasteiger partial charge is 0.161 e. The van der Waals surface area contributed by atoms with Crippen molar-refractivity contribution in [3.8, 4) is 5.75 Å². The minimum Gasteiger partial charge on any atom is -0.508 e. The molecule has 1 N–H and O–H groups in total. The second-order valence-electron chi connectivity index (χ2n) is 2.61. The minimum atomic E-state index is 0.208. The lowest BCUT2D eigenvalue weighted by Crippen LogP contribution is -1.70. The molecule has 2 rings (SSSR count). The molecule has 1 aromatic heterocycles. The van der Waals surface area contributed by atoms with Gasteiger partial charge in [-0.15, -0.1) is 24.0 Å². The normalized spacial score (nSPS) is 10.5. The van der Waals surface area contributed by atoms with Crippen LogP contribution in [0.1, 0.15) is 9.67 Å². The average Bonchev–Trinajstić information content (AvgIpc) is 2.42. The molecule has 13 heavy (non-hydrogen) atoms. The van der Waals surface area contributed by atoms with Crippen molar-refractivity contribution in [1.82, 2.24) is 0 Å². The van der Waals surface area contributed by atoms with Crippen molar-refractivity contribution in [3.63, 3.8) is 0 Å². The number of carbonyl (C=O) groups is 1. The highest BCUT2D eigenvalue weighted by Gasteiger charge is 2.08. The average molecular weight is 210 g/mol. The number of phenolic OH excluding ortho intramolecular Hbond substituents is 1. The molecule has 0 saturated carbocycles. The second kappa shape index (κ2) is 3.05. The first-order valence-electron chi connectivity index (χ1n) is 3.62. The van der Waals surface area contributed by atoms with Crippen LogP contribution in [0.15, 0.2) is 23.1 Å². The molecule has 0 atom stereocenters. The van der Waals surface area contributed by atoms with Crippen LogP contribution in [0.2, 0.25) is 0 Å². The quantitative estimate of drug-likeness (QED) is 0.561. The number of thiol groups is 1. The molecule has 1 heterocycles. The molecule has 0 aliphatic heterocycles. The van der Waals surface area contributed by atoms with Crippen LogP contribution >= 0.6 is 24.0 Å². The molecule has 0 spiro atoms. The summed E-state index contributed by atoms with van der Waals surface area (Å²) in [6.07, 6.45) is 0.782. The zero-order valence-electron chi connectivity index (χ0n) is 6.52. The van der Waals surface area contributed by atoms with E-state index in [-0.39, 0.29) is 5.75 Å². The van der Waals surface area contributed by atoms with Gasteiger partial charge in [0.05, 0.1) is 4.88 Å². The van der Waals surface area contributed by atoms with Gasteiger partial charge in [0.25, 0.3) is 0 Å². The van der Waals surface area contributed by atoms with Crippen LogP contribution in [-0.4, -0.2) is 11.4 Å². The van der Waals surface area contributed by atoms with Gasteiger partial charge in [0.1, 0.15) is 5.75 Å². The molecule has 1 aromatic carbocycles. The number of fused-ring (bicyclic) bond motifs is 1. The standard InChI is InChI=1S/C9H6O2S2/c10-4-8-9(12)6-2-1-5(11)3-7(6)13-8/h1-4,11-12H. The Hall–Kier alpha value is -1.00. The maximum Gasteiger partial charge on any atom is 0.161 e. The molecular formula is C9H6O2S2. The van der Waals surface area contributed by atoms with Crippen molar-refractivity contribution in [3.05, 3.63) is 23.1 Å². The molecule has 66 valence electrons. The third kappa shape index (κ3) is 1.32. The number of hydrogen-bond donors (Lipinski definition) is 2. The first-order valence-corrected chi connectivity index (χ1v) is 4.88. The molecule has 2 aromatic rings. The molecule has 0 aliphatic rings. The Balaban J connectivity index is 2.83. The summed E-state index contributed by atoms with van der Waals surface area (Å²) < 4.78 is 0.882. The molecule has 0 unspecified atom stereocenters. The predicted octanol–water partition coefficient (Wildman–Crippen LogP) is 2.71. The molecule has 0 aliphatic carbocycles. The van der Waals surface area contributed by atoms with E-state index in [1.807, 2.05) is 0 Å². The van der Waals surface area contributed by atoms with Gasteiger partial charge in [-0.05, 0) is 18.2 Å². The van der Waals surface area contributed by atoms with E-state index in [0.717, 1.165) is 16.4 Å². The fraction of sp³-hybridized carbons (Fsp3) is 0. The van der Waals surface area contributed by atoms with Gasteiger partial charge in [0.2, 0.25) is 0 Å². The van der Waals surface area contributed by atoms with Gasteiger partial charge >= 0.3 is 0 Å². The van der Waals surface area contributed by atoms with Crippen molar-refractivity contribution in [1.29, 1.82) is 0 Å². The number of rotatable bonds is 1. The van der Waals surface area contributed by atoms with Crippen molar-refractivity contribution in [2.45, 2.75) is 4.90 Å². The molecule has 0 amide bonds. The van der Waals surface area contributed by atoms with Crippen LogP contribution in [-0.2, 0) is 0 Å². The highest BCUT2D eigenvalue weighted by Crippen LogP contribution is 2.34. The third-order valence-electron chi connectivity index (χ3n) is 1.78. The van der Waals surface area contributed by atoms with Gasteiger partial charge in [-0.1, -0.05) is 0 Å². The fourth-order valence-electron chi connectivity index (χ4n) is 1.17. The first kappa shape index (κ1) is 8.59. The van der Waals surface area contributed by atoms with Crippen molar-refractivity contribution < 1.29 is 9.90 Å². The monoisotopic (exact) mass is 210 g/mol. The number of benzene rings is 1. The highest BCUT2D eigenvalue weighted by molar-refractivity contribution is 7.81. The summed E-state index contributed by atoms with van der Waals surface area (Å²) in [5, 5.41) is 10.1. The molecule has 0 fully saturated rings. The van der Waals surface area contributed by atoms with E-state index < -0.39 is 0 Å². The first-order chi connectivity index (χ1) is 6.22. The van der Waals surface area contributed by atoms with E-state index in [1.165, 1.54) is 11.3 Å². The van der Waals surface area contributed by atoms with E-state index >= 15 is 0 Å². The van der Waals surface area contributed by atoms with E-state index in [9.17, 15) is 9.90 Å². The van der Waals surface area contributed by atoms with Crippen molar-refractivity contribution in [2.24, 2.45) is 0 Å². The molecule has 0 bridgehead atoms. The lowest BCUT2D eigenvalue weighted by Gasteiger charge is -1.91. The van der Waals surface area contributed by atoms with E-state index in [0.29, 0.717) is 9.77 Å². The molecule has 0 saturated heterocycles.